The Labute approximate surface area is 238 Å². The van der Waals surface area contributed by atoms with Crippen LogP contribution in [0.25, 0.3) is 43.8 Å². The molecular weight excluding hydrogens is 502 g/mol. The van der Waals surface area contributed by atoms with E-state index in [0.29, 0.717) is 0 Å². The maximum atomic E-state index is 6.42. The van der Waals surface area contributed by atoms with Gasteiger partial charge in [-0.3, -0.25) is 5.32 Å². The fourth-order valence-electron chi connectivity index (χ4n) is 5.89. The average Bonchev–Trinajstić information content (AvgIpc) is 3.43. The minimum Gasteiger partial charge on any atom is -0.456 e. The minimum absolute atomic E-state index is 0.113. The van der Waals surface area contributed by atoms with E-state index in [-0.39, 0.29) is 12.3 Å². The fourth-order valence-corrected chi connectivity index (χ4v) is 5.89. The first-order valence-corrected chi connectivity index (χ1v) is 14.0. The molecule has 0 saturated heterocycles. The van der Waals surface area contributed by atoms with Gasteiger partial charge in [-0.05, 0) is 57.3 Å². The van der Waals surface area contributed by atoms with Crippen molar-refractivity contribution in [1.82, 2.24) is 10.6 Å². The Bertz CT molecular complexity index is 2060. The number of rotatable bonds is 4. The summed E-state index contributed by atoms with van der Waals surface area (Å²) >= 11 is 0. The van der Waals surface area contributed by atoms with Gasteiger partial charge >= 0.3 is 0 Å². The van der Waals surface area contributed by atoms with Gasteiger partial charge in [-0.2, -0.15) is 0 Å². The second-order valence-electron chi connectivity index (χ2n) is 10.5. The summed E-state index contributed by atoms with van der Waals surface area (Å²) in [5.74, 6) is 0.844. The SMILES string of the molecule is c1ccc(-c2ccc3c(c2)oc2cccc(C4=NC(c5ccc6ccccc6c5)NC(c5ccccc5)N4)c23)cc1. The Morgan fingerprint density at radius 3 is 2.20 bits per heavy atom. The lowest BCUT2D eigenvalue weighted by atomic mass is 10.00. The first kappa shape index (κ1) is 23.7. The molecule has 196 valence electrons. The molecule has 1 aliphatic heterocycles. The molecule has 8 rings (SSSR count). The number of hydrogen-bond acceptors (Lipinski definition) is 4. The van der Waals surface area contributed by atoms with Crippen LogP contribution in [0.15, 0.2) is 149 Å². The fraction of sp³-hybridized carbons (Fsp3) is 0.0541. The number of benzene rings is 6. The molecule has 0 spiro atoms. The van der Waals surface area contributed by atoms with Crippen LogP contribution in [0.4, 0.5) is 0 Å². The third-order valence-corrected chi connectivity index (χ3v) is 7.95. The van der Waals surface area contributed by atoms with Gasteiger partial charge in [-0.25, -0.2) is 4.99 Å². The predicted molar refractivity (Wildman–Crippen MR) is 168 cm³/mol. The van der Waals surface area contributed by atoms with Gasteiger partial charge in [-0.1, -0.05) is 115 Å². The molecule has 41 heavy (non-hydrogen) atoms. The van der Waals surface area contributed by atoms with Gasteiger partial charge in [-0.15, -0.1) is 0 Å². The number of aliphatic imine (C=N–C) groups is 1. The summed E-state index contributed by atoms with van der Waals surface area (Å²) in [6.07, 6.45) is -0.336. The highest BCUT2D eigenvalue weighted by Crippen LogP contribution is 2.36. The van der Waals surface area contributed by atoms with Crippen LogP contribution in [0.2, 0.25) is 0 Å². The molecule has 1 aliphatic rings. The van der Waals surface area contributed by atoms with Crippen molar-refractivity contribution >= 4 is 38.5 Å². The van der Waals surface area contributed by atoms with Gasteiger partial charge in [0.1, 0.15) is 29.3 Å². The summed E-state index contributed by atoms with van der Waals surface area (Å²) in [4.78, 5) is 5.26. The molecule has 4 nitrogen and oxygen atoms in total. The van der Waals surface area contributed by atoms with Crippen LogP contribution in [0, 0.1) is 0 Å². The molecule has 4 heteroatoms. The van der Waals surface area contributed by atoms with Crippen LogP contribution in [0.5, 0.6) is 0 Å². The summed E-state index contributed by atoms with van der Waals surface area (Å²) in [6.45, 7) is 0. The number of furan rings is 1. The van der Waals surface area contributed by atoms with Crippen molar-refractivity contribution in [3.8, 4) is 11.1 Å². The molecule has 2 atom stereocenters. The van der Waals surface area contributed by atoms with Crippen molar-refractivity contribution in [3.63, 3.8) is 0 Å². The molecule has 0 radical (unpaired) electrons. The number of fused-ring (bicyclic) bond motifs is 4. The zero-order chi connectivity index (χ0) is 27.2. The standard InChI is InChI=1S/C37H27N3O/c1-3-10-24(11-4-1)28-20-21-30-33(23-28)41-32-17-9-16-31(34(30)32)37-39-35(26-13-5-2-6-14-26)38-36(40-37)29-19-18-25-12-7-8-15-27(25)22-29/h1-23,35-36,38H,(H,39,40). The second-order valence-corrected chi connectivity index (χ2v) is 10.5. The Morgan fingerprint density at radius 2 is 1.34 bits per heavy atom. The van der Waals surface area contributed by atoms with Crippen LogP contribution in [-0.2, 0) is 0 Å². The molecular formula is C37H27N3O. The van der Waals surface area contributed by atoms with E-state index in [9.17, 15) is 0 Å². The molecule has 2 N–H and O–H groups in total. The Balaban J connectivity index is 1.28. The molecule has 0 fully saturated rings. The molecule has 2 heterocycles. The van der Waals surface area contributed by atoms with Gasteiger partial charge in [0.15, 0.2) is 0 Å². The van der Waals surface area contributed by atoms with Gasteiger partial charge < -0.3 is 9.73 Å². The largest absolute Gasteiger partial charge is 0.456 e. The van der Waals surface area contributed by atoms with Crippen LogP contribution >= 0.6 is 0 Å². The zero-order valence-corrected chi connectivity index (χ0v) is 22.3. The molecule has 0 amide bonds. The first-order valence-electron chi connectivity index (χ1n) is 14.0. The number of nitrogens with zero attached hydrogens (tertiary/aromatic N) is 1. The van der Waals surface area contributed by atoms with Crippen molar-refractivity contribution < 1.29 is 4.42 Å². The lowest BCUT2D eigenvalue weighted by Gasteiger charge is -2.32. The molecule has 1 aromatic heterocycles. The summed E-state index contributed by atoms with van der Waals surface area (Å²) in [5.41, 5.74) is 7.34. The number of amidine groups is 1. The van der Waals surface area contributed by atoms with Crippen LogP contribution in [0.1, 0.15) is 29.0 Å². The zero-order valence-electron chi connectivity index (χ0n) is 22.3. The van der Waals surface area contributed by atoms with E-state index in [1.165, 1.54) is 16.3 Å². The Morgan fingerprint density at radius 1 is 0.561 bits per heavy atom. The van der Waals surface area contributed by atoms with E-state index in [1.54, 1.807) is 0 Å². The maximum absolute atomic E-state index is 6.42. The lowest BCUT2D eigenvalue weighted by Crippen LogP contribution is -2.45. The van der Waals surface area contributed by atoms with Crippen LogP contribution in [0.3, 0.4) is 0 Å². The third-order valence-electron chi connectivity index (χ3n) is 7.95. The summed E-state index contributed by atoms with van der Waals surface area (Å²) in [6, 6.07) is 48.6. The summed E-state index contributed by atoms with van der Waals surface area (Å²) in [7, 11) is 0. The normalized spacial score (nSPS) is 17.0. The molecule has 0 saturated carbocycles. The first-order chi connectivity index (χ1) is 20.3. The van der Waals surface area contributed by atoms with Crippen molar-refractivity contribution in [2.24, 2.45) is 4.99 Å². The van der Waals surface area contributed by atoms with Crippen molar-refractivity contribution in [3.05, 3.63) is 156 Å². The minimum atomic E-state index is -0.223. The monoisotopic (exact) mass is 529 g/mol. The van der Waals surface area contributed by atoms with E-state index in [4.69, 9.17) is 9.41 Å². The number of hydrogen-bond donors (Lipinski definition) is 2. The van der Waals surface area contributed by atoms with Crippen molar-refractivity contribution in [1.29, 1.82) is 0 Å². The van der Waals surface area contributed by atoms with E-state index < -0.39 is 0 Å². The van der Waals surface area contributed by atoms with Gasteiger partial charge in [0.25, 0.3) is 0 Å². The van der Waals surface area contributed by atoms with Gasteiger partial charge in [0.05, 0.1) is 0 Å². The van der Waals surface area contributed by atoms with Crippen LogP contribution < -0.4 is 10.6 Å². The van der Waals surface area contributed by atoms with Crippen molar-refractivity contribution in [2.75, 3.05) is 0 Å². The van der Waals surface area contributed by atoms with E-state index in [2.05, 4.69) is 126 Å². The topological polar surface area (TPSA) is 49.6 Å². The highest BCUT2D eigenvalue weighted by atomic mass is 16.3. The summed E-state index contributed by atoms with van der Waals surface area (Å²) in [5, 5.41) is 12.0. The van der Waals surface area contributed by atoms with E-state index in [0.717, 1.165) is 50.0 Å². The summed E-state index contributed by atoms with van der Waals surface area (Å²) < 4.78 is 6.42. The van der Waals surface area contributed by atoms with Crippen LogP contribution in [-0.4, -0.2) is 5.84 Å². The highest BCUT2D eigenvalue weighted by Gasteiger charge is 2.27. The van der Waals surface area contributed by atoms with Crippen molar-refractivity contribution in [2.45, 2.75) is 12.3 Å². The van der Waals surface area contributed by atoms with E-state index in [1.807, 2.05) is 24.3 Å². The molecule has 0 aliphatic carbocycles. The van der Waals surface area contributed by atoms with E-state index >= 15 is 0 Å². The second kappa shape index (κ2) is 9.77. The number of nitrogens with one attached hydrogen (secondary N) is 2. The quantitative estimate of drug-likeness (QED) is 0.240. The average molecular weight is 530 g/mol. The Kier molecular flexibility index (Phi) is 5.64. The Hall–Kier alpha value is -5.19. The van der Waals surface area contributed by atoms with Gasteiger partial charge in [0, 0.05) is 16.3 Å². The molecule has 0 bridgehead atoms. The van der Waals surface area contributed by atoms with Gasteiger partial charge in [0.2, 0.25) is 0 Å². The smallest absolute Gasteiger partial charge is 0.136 e. The molecule has 7 aromatic rings. The third kappa shape index (κ3) is 4.26. The highest BCUT2D eigenvalue weighted by molar-refractivity contribution is 6.18. The molecule has 2 unspecified atom stereocenters. The maximum Gasteiger partial charge on any atom is 0.136 e. The predicted octanol–water partition coefficient (Wildman–Crippen LogP) is 8.74. The molecule has 6 aromatic carbocycles. The lowest BCUT2D eigenvalue weighted by molar-refractivity contribution is 0.409.